The van der Waals surface area contributed by atoms with Gasteiger partial charge in [0.05, 0.1) is 6.54 Å². The molecule has 1 heterocycles. The van der Waals surface area contributed by atoms with Gasteiger partial charge in [0.2, 0.25) is 5.82 Å². The van der Waals surface area contributed by atoms with Crippen LogP contribution in [0.4, 0.5) is 5.82 Å². The number of aromatic nitrogens is 3. The molecule has 120 valence electrons. The number of aromatic amines is 2. The van der Waals surface area contributed by atoms with E-state index in [0.29, 0.717) is 6.42 Å². The molecule has 0 saturated carbocycles. The zero-order valence-electron chi connectivity index (χ0n) is 12.2. The number of nitrogens with zero attached hydrogens (tertiary/aromatic N) is 2. The van der Waals surface area contributed by atoms with Crippen molar-refractivity contribution in [2.45, 2.75) is 12.8 Å². The summed E-state index contributed by atoms with van der Waals surface area (Å²) < 4.78 is 0. The molecule has 0 saturated heterocycles. The second kappa shape index (κ2) is 8.27. The third-order valence-electron chi connectivity index (χ3n) is 2.81. The lowest BCUT2D eigenvalue weighted by Crippen LogP contribution is -2.31. The molecule has 0 atom stereocenters. The summed E-state index contributed by atoms with van der Waals surface area (Å²) in [7, 11) is 0. The Morgan fingerprint density at radius 1 is 1.26 bits per heavy atom. The average Bonchev–Trinajstić information content (AvgIpc) is 2.54. The van der Waals surface area contributed by atoms with E-state index in [9.17, 15) is 14.4 Å². The molecule has 1 amide bonds. The van der Waals surface area contributed by atoms with Crippen molar-refractivity contribution in [3.05, 3.63) is 56.7 Å². The van der Waals surface area contributed by atoms with E-state index in [1.807, 2.05) is 35.3 Å². The highest BCUT2D eigenvalue weighted by molar-refractivity contribution is 5.80. The third-order valence-corrected chi connectivity index (χ3v) is 2.81. The van der Waals surface area contributed by atoms with E-state index in [1.165, 1.54) is 5.56 Å². The van der Waals surface area contributed by atoms with Crippen LogP contribution in [0, 0.1) is 0 Å². The number of amides is 1. The minimum absolute atomic E-state index is 0.146. The standard InChI is InChI=1S/C14H16N6O3/c21-11(9-15-12-13(22)17-14(23)20-19-12)18-16-8-4-7-10-5-2-1-3-6-10/h1-3,5-6,8H,4,7,9H2,(H,15,19)(H,18,21)(H2,17,20,22,23). The first-order chi connectivity index (χ1) is 11.1. The fourth-order valence-electron chi connectivity index (χ4n) is 1.73. The van der Waals surface area contributed by atoms with Crippen molar-refractivity contribution in [3.8, 4) is 0 Å². The van der Waals surface area contributed by atoms with Gasteiger partial charge in [0, 0.05) is 6.21 Å². The summed E-state index contributed by atoms with van der Waals surface area (Å²) in [5, 5.41) is 11.8. The summed E-state index contributed by atoms with van der Waals surface area (Å²) in [6, 6.07) is 9.92. The van der Waals surface area contributed by atoms with E-state index in [-0.39, 0.29) is 12.4 Å². The van der Waals surface area contributed by atoms with Crippen LogP contribution >= 0.6 is 0 Å². The topological polar surface area (TPSA) is 132 Å². The average molecular weight is 316 g/mol. The van der Waals surface area contributed by atoms with Crippen LogP contribution in [0.1, 0.15) is 12.0 Å². The molecule has 0 aliphatic carbocycles. The van der Waals surface area contributed by atoms with Crippen LogP contribution in [0.15, 0.2) is 45.0 Å². The highest BCUT2D eigenvalue weighted by Crippen LogP contribution is 2.00. The normalized spacial score (nSPS) is 10.6. The van der Waals surface area contributed by atoms with Gasteiger partial charge in [-0.05, 0) is 18.4 Å². The number of rotatable bonds is 7. The van der Waals surface area contributed by atoms with Crippen molar-refractivity contribution < 1.29 is 4.79 Å². The number of aryl methyl sites for hydroxylation is 1. The van der Waals surface area contributed by atoms with Crippen molar-refractivity contribution >= 4 is 17.9 Å². The van der Waals surface area contributed by atoms with Gasteiger partial charge in [-0.15, -0.1) is 5.10 Å². The fraction of sp³-hybridized carbons (Fsp3) is 0.214. The summed E-state index contributed by atoms with van der Waals surface area (Å²) in [5.74, 6) is -0.582. The number of carbonyl (C=O) groups is 1. The van der Waals surface area contributed by atoms with Crippen LogP contribution in [0.3, 0.4) is 0 Å². The Morgan fingerprint density at radius 2 is 2.04 bits per heavy atom. The van der Waals surface area contributed by atoms with Crippen LogP contribution in [-0.4, -0.2) is 33.8 Å². The molecule has 2 aromatic rings. The molecule has 0 aliphatic heterocycles. The van der Waals surface area contributed by atoms with Gasteiger partial charge in [-0.3, -0.25) is 14.6 Å². The molecule has 2 rings (SSSR count). The molecule has 0 bridgehead atoms. The molecule has 1 aromatic carbocycles. The SMILES string of the molecule is O=C(CNc1n[nH]c(=O)[nH]c1=O)NN=CCCc1ccccc1. The van der Waals surface area contributed by atoms with Gasteiger partial charge in [-0.25, -0.2) is 15.3 Å². The molecular weight excluding hydrogens is 300 g/mol. The van der Waals surface area contributed by atoms with Crippen molar-refractivity contribution in [2.24, 2.45) is 5.10 Å². The van der Waals surface area contributed by atoms with Gasteiger partial charge in [-0.2, -0.15) is 5.10 Å². The Kier molecular flexibility index (Phi) is 5.81. The summed E-state index contributed by atoms with van der Waals surface area (Å²) in [6.07, 6.45) is 3.13. The predicted molar refractivity (Wildman–Crippen MR) is 85.4 cm³/mol. The Labute approximate surface area is 130 Å². The zero-order chi connectivity index (χ0) is 16.5. The maximum Gasteiger partial charge on any atom is 0.342 e. The molecule has 23 heavy (non-hydrogen) atoms. The monoisotopic (exact) mass is 316 g/mol. The van der Waals surface area contributed by atoms with E-state index >= 15 is 0 Å². The van der Waals surface area contributed by atoms with Crippen LogP contribution in [0.25, 0.3) is 0 Å². The van der Waals surface area contributed by atoms with Crippen molar-refractivity contribution in [2.75, 3.05) is 11.9 Å². The van der Waals surface area contributed by atoms with Crippen molar-refractivity contribution in [1.82, 2.24) is 20.6 Å². The molecule has 4 N–H and O–H groups in total. The molecule has 1 aromatic heterocycles. The van der Waals surface area contributed by atoms with Gasteiger partial charge >= 0.3 is 5.69 Å². The molecule has 0 aliphatic rings. The van der Waals surface area contributed by atoms with E-state index in [0.717, 1.165) is 6.42 Å². The highest BCUT2D eigenvalue weighted by atomic mass is 16.2. The lowest BCUT2D eigenvalue weighted by atomic mass is 10.1. The largest absolute Gasteiger partial charge is 0.355 e. The fourth-order valence-corrected chi connectivity index (χ4v) is 1.73. The predicted octanol–water partition coefficient (Wildman–Crippen LogP) is -0.395. The Hall–Kier alpha value is -3.23. The number of hydrogen-bond acceptors (Lipinski definition) is 6. The second-order valence-electron chi connectivity index (χ2n) is 4.58. The maximum atomic E-state index is 11.5. The first-order valence-corrected chi connectivity index (χ1v) is 6.92. The van der Waals surface area contributed by atoms with E-state index in [4.69, 9.17) is 0 Å². The number of hydrogen-bond donors (Lipinski definition) is 4. The zero-order valence-corrected chi connectivity index (χ0v) is 12.2. The second-order valence-corrected chi connectivity index (χ2v) is 4.58. The number of anilines is 1. The van der Waals surface area contributed by atoms with Crippen LogP contribution < -0.4 is 22.0 Å². The van der Waals surface area contributed by atoms with E-state index in [1.54, 1.807) is 6.21 Å². The molecule has 9 heteroatoms. The van der Waals surface area contributed by atoms with Crippen LogP contribution in [0.2, 0.25) is 0 Å². The summed E-state index contributed by atoms with van der Waals surface area (Å²) >= 11 is 0. The van der Waals surface area contributed by atoms with Gasteiger partial charge in [0.25, 0.3) is 11.5 Å². The number of hydrazone groups is 1. The van der Waals surface area contributed by atoms with Crippen LogP contribution in [0.5, 0.6) is 0 Å². The summed E-state index contributed by atoms with van der Waals surface area (Å²) in [6.45, 7) is -0.196. The van der Waals surface area contributed by atoms with Crippen molar-refractivity contribution in [3.63, 3.8) is 0 Å². The minimum atomic E-state index is -0.715. The number of benzene rings is 1. The first-order valence-electron chi connectivity index (χ1n) is 6.92. The highest BCUT2D eigenvalue weighted by Gasteiger charge is 2.04. The lowest BCUT2D eigenvalue weighted by molar-refractivity contribution is -0.119. The molecule has 0 unspecified atom stereocenters. The molecule has 0 fully saturated rings. The number of carbonyl (C=O) groups excluding carboxylic acids is 1. The Bertz CT molecular complexity index is 781. The molecular formula is C14H16N6O3. The lowest BCUT2D eigenvalue weighted by Gasteiger charge is -2.02. The Morgan fingerprint density at radius 3 is 2.78 bits per heavy atom. The third kappa shape index (κ3) is 5.58. The number of H-pyrrole nitrogens is 2. The smallest absolute Gasteiger partial charge is 0.342 e. The quantitative estimate of drug-likeness (QED) is 0.408. The van der Waals surface area contributed by atoms with Crippen molar-refractivity contribution in [1.29, 1.82) is 0 Å². The summed E-state index contributed by atoms with van der Waals surface area (Å²) in [4.78, 5) is 35.6. The minimum Gasteiger partial charge on any atom is -0.355 e. The van der Waals surface area contributed by atoms with Gasteiger partial charge in [0.15, 0.2) is 0 Å². The van der Waals surface area contributed by atoms with Gasteiger partial charge < -0.3 is 5.32 Å². The molecule has 0 spiro atoms. The van der Waals surface area contributed by atoms with Gasteiger partial charge in [-0.1, -0.05) is 30.3 Å². The molecule has 0 radical (unpaired) electrons. The first kappa shape index (κ1) is 16.1. The molecule has 9 nitrogen and oxygen atoms in total. The van der Waals surface area contributed by atoms with Crippen LogP contribution in [-0.2, 0) is 11.2 Å². The van der Waals surface area contributed by atoms with Gasteiger partial charge in [0.1, 0.15) is 0 Å². The summed E-state index contributed by atoms with van der Waals surface area (Å²) in [5.41, 5.74) is 2.10. The van der Waals surface area contributed by atoms with E-state index < -0.39 is 17.2 Å². The van der Waals surface area contributed by atoms with E-state index in [2.05, 4.69) is 26.0 Å². The Balaban J connectivity index is 1.69. The number of nitrogens with one attached hydrogen (secondary N) is 4. The maximum absolute atomic E-state index is 11.5.